The van der Waals surface area contributed by atoms with Gasteiger partial charge in [0.05, 0.1) is 11.0 Å². The van der Waals surface area contributed by atoms with Crippen LogP contribution in [-0.2, 0) is 0 Å². The average molecular weight is 257 g/mol. The smallest absolute Gasteiger partial charge is 0.273 e. The van der Waals surface area contributed by atoms with Crippen LogP contribution in [0.1, 0.15) is 0 Å². The molecule has 18 heavy (non-hydrogen) atoms. The van der Waals surface area contributed by atoms with Crippen molar-refractivity contribution in [2.24, 2.45) is 0 Å². The molecular formula is C14H9ClN2O. The van der Waals surface area contributed by atoms with Gasteiger partial charge in [0.15, 0.2) is 5.15 Å². The summed E-state index contributed by atoms with van der Waals surface area (Å²) in [5.74, 6) is 0. The van der Waals surface area contributed by atoms with E-state index in [0.717, 1.165) is 11.2 Å². The summed E-state index contributed by atoms with van der Waals surface area (Å²) in [6.45, 7) is 0. The molecule has 0 radical (unpaired) electrons. The maximum absolute atomic E-state index is 12.2. The number of fused-ring (bicyclic) bond motifs is 1. The first-order valence-electron chi connectivity index (χ1n) is 5.50. The average Bonchev–Trinajstić information content (AvgIpc) is 2.41. The molecule has 1 heterocycles. The van der Waals surface area contributed by atoms with Crippen molar-refractivity contribution in [2.45, 2.75) is 0 Å². The van der Waals surface area contributed by atoms with Crippen LogP contribution in [0.2, 0.25) is 5.15 Å². The van der Waals surface area contributed by atoms with Gasteiger partial charge in [-0.15, -0.1) is 0 Å². The molecule has 0 N–H and O–H groups in total. The van der Waals surface area contributed by atoms with Crippen molar-refractivity contribution in [2.75, 3.05) is 0 Å². The number of halogens is 1. The fourth-order valence-electron chi connectivity index (χ4n) is 1.94. The Morgan fingerprint density at radius 1 is 0.944 bits per heavy atom. The highest BCUT2D eigenvalue weighted by atomic mass is 35.5. The zero-order valence-electron chi connectivity index (χ0n) is 9.38. The number of hydrogen-bond donors (Lipinski definition) is 0. The van der Waals surface area contributed by atoms with Crippen LogP contribution in [0.3, 0.4) is 0 Å². The summed E-state index contributed by atoms with van der Waals surface area (Å²) >= 11 is 5.90. The molecule has 1 aromatic heterocycles. The van der Waals surface area contributed by atoms with Crippen LogP contribution in [0.5, 0.6) is 0 Å². The Balaban J connectivity index is 2.47. The molecular weight excluding hydrogens is 248 g/mol. The molecule has 0 aliphatic rings. The van der Waals surface area contributed by atoms with E-state index in [1.54, 1.807) is 4.57 Å². The van der Waals surface area contributed by atoms with E-state index in [-0.39, 0.29) is 10.7 Å². The molecule has 0 aliphatic carbocycles. The van der Waals surface area contributed by atoms with Gasteiger partial charge in [0, 0.05) is 5.69 Å². The molecule has 4 heteroatoms. The van der Waals surface area contributed by atoms with Crippen molar-refractivity contribution in [3.63, 3.8) is 0 Å². The van der Waals surface area contributed by atoms with Gasteiger partial charge in [-0.1, -0.05) is 41.9 Å². The van der Waals surface area contributed by atoms with Crippen LogP contribution in [0.15, 0.2) is 59.4 Å². The molecule has 3 aromatic rings. The maximum Gasteiger partial charge on any atom is 0.293 e. The Bertz CT molecular complexity index is 766. The second-order valence-corrected chi connectivity index (χ2v) is 4.23. The standard InChI is InChI=1S/C14H9ClN2O/c15-13-14(18)17(10-6-2-1-3-7-10)12-9-5-4-8-11(12)16-13/h1-9H. The second kappa shape index (κ2) is 4.27. The fraction of sp³-hybridized carbons (Fsp3) is 0. The largest absolute Gasteiger partial charge is 0.293 e. The summed E-state index contributed by atoms with van der Waals surface area (Å²) in [4.78, 5) is 16.2. The first-order valence-corrected chi connectivity index (χ1v) is 5.88. The maximum atomic E-state index is 12.2. The molecule has 0 bridgehead atoms. The van der Waals surface area contributed by atoms with Gasteiger partial charge in [-0.2, -0.15) is 0 Å². The van der Waals surface area contributed by atoms with Gasteiger partial charge in [-0.05, 0) is 24.3 Å². The van der Waals surface area contributed by atoms with E-state index in [9.17, 15) is 4.79 Å². The predicted molar refractivity (Wildman–Crippen MR) is 72.4 cm³/mol. The normalized spacial score (nSPS) is 10.7. The molecule has 3 rings (SSSR count). The van der Waals surface area contributed by atoms with E-state index in [1.807, 2.05) is 54.6 Å². The third kappa shape index (κ3) is 1.69. The van der Waals surface area contributed by atoms with Crippen molar-refractivity contribution in [1.29, 1.82) is 0 Å². The second-order valence-electron chi connectivity index (χ2n) is 3.87. The van der Waals surface area contributed by atoms with E-state index in [2.05, 4.69) is 4.98 Å². The first-order chi connectivity index (χ1) is 8.77. The molecule has 0 aliphatic heterocycles. The molecule has 0 unspecified atom stereocenters. The number of aromatic nitrogens is 2. The van der Waals surface area contributed by atoms with Crippen molar-refractivity contribution >= 4 is 22.6 Å². The quantitative estimate of drug-likeness (QED) is 0.671. The first kappa shape index (κ1) is 11.0. The Hall–Kier alpha value is -2.13. The Morgan fingerprint density at radius 2 is 1.61 bits per heavy atom. The van der Waals surface area contributed by atoms with E-state index in [1.165, 1.54) is 0 Å². The zero-order chi connectivity index (χ0) is 12.5. The van der Waals surface area contributed by atoms with Crippen LogP contribution in [0.4, 0.5) is 0 Å². The molecule has 0 spiro atoms. The van der Waals surface area contributed by atoms with Crippen molar-refractivity contribution < 1.29 is 0 Å². The summed E-state index contributed by atoms with van der Waals surface area (Å²) in [5, 5.41) is -0.0162. The summed E-state index contributed by atoms with van der Waals surface area (Å²) < 4.78 is 1.57. The highest BCUT2D eigenvalue weighted by molar-refractivity contribution is 6.29. The fourth-order valence-corrected chi connectivity index (χ4v) is 2.11. The zero-order valence-corrected chi connectivity index (χ0v) is 10.1. The molecule has 0 saturated carbocycles. The van der Waals surface area contributed by atoms with Gasteiger partial charge >= 0.3 is 0 Å². The number of nitrogens with zero attached hydrogens (tertiary/aromatic N) is 2. The highest BCUT2D eigenvalue weighted by Gasteiger charge is 2.09. The number of hydrogen-bond acceptors (Lipinski definition) is 2. The Labute approximate surface area is 108 Å². The monoisotopic (exact) mass is 256 g/mol. The minimum absolute atomic E-state index is 0.0162. The van der Waals surface area contributed by atoms with Crippen LogP contribution < -0.4 is 5.56 Å². The lowest BCUT2D eigenvalue weighted by Gasteiger charge is -2.09. The van der Waals surface area contributed by atoms with Gasteiger partial charge in [-0.3, -0.25) is 9.36 Å². The van der Waals surface area contributed by atoms with E-state index in [4.69, 9.17) is 11.6 Å². The predicted octanol–water partition coefficient (Wildman–Crippen LogP) is 3.04. The highest BCUT2D eigenvalue weighted by Crippen LogP contribution is 2.16. The number of benzene rings is 2. The number of para-hydroxylation sites is 3. The third-order valence-electron chi connectivity index (χ3n) is 2.74. The topological polar surface area (TPSA) is 34.9 Å². The van der Waals surface area contributed by atoms with Gasteiger partial charge in [0.2, 0.25) is 0 Å². The van der Waals surface area contributed by atoms with Crippen LogP contribution in [-0.4, -0.2) is 9.55 Å². The lowest BCUT2D eigenvalue weighted by Crippen LogP contribution is -2.20. The minimum Gasteiger partial charge on any atom is -0.273 e. The van der Waals surface area contributed by atoms with E-state index in [0.29, 0.717) is 5.52 Å². The van der Waals surface area contributed by atoms with Gasteiger partial charge in [0.1, 0.15) is 0 Å². The van der Waals surface area contributed by atoms with Gasteiger partial charge in [0.25, 0.3) is 5.56 Å². The van der Waals surface area contributed by atoms with Gasteiger partial charge < -0.3 is 0 Å². The Kier molecular flexibility index (Phi) is 2.61. The van der Waals surface area contributed by atoms with Crippen LogP contribution in [0, 0.1) is 0 Å². The van der Waals surface area contributed by atoms with Crippen LogP contribution in [0.25, 0.3) is 16.7 Å². The lowest BCUT2D eigenvalue weighted by atomic mass is 10.2. The summed E-state index contributed by atoms with van der Waals surface area (Å²) in [5.41, 5.74) is 1.92. The van der Waals surface area contributed by atoms with E-state index >= 15 is 0 Å². The molecule has 3 nitrogen and oxygen atoms in total. The summed E-state index contributed by atoms with van der Waals surface area (Å²) in [6.07, 6.45) is 0. The molecule has 2 aromatic carbocycles. The van der Waals surface area contributed by atoms with Crippen LogP contribution >= 0.6 is 11.6 Å². The molecule has 0 atom stereocenters. The molecule has 88 valence electrons. The number of rotatable bonds is 1. The van der Waals surface area contributed by atoms with Crippen molar-refractivity contribution in [3.05, 3.63) is 70.1 Å². The summed E-state index contributed by atoms with van der Waals surface area (Å²) in [6, 6.07) is 16.8. The third-order valence-corrected chi connectivity index (χ3v) is 2.98. The molecule has 0 amide bonds. The summed E-state index contributed by atoms with van der Waals surface area (Å²) in [7, 11) is 0. The SMILES string of the molecule is O=c1c(Cl)nc2ccccc2n1-c1ccccc1. The Morgan fingerprint density at radius 3 is 2.39 bits per heavy atom. The molecule has 0 saturated heterocycles. The minimum atomic E-state index is -0.304. The van der Waals surface area contributed by atoms with Crippen molar-refractivity contribution in [3.8, 4) is 5.69 Å². The lowest BCUT2D eigenvalue weighted by molar-refractivity contribution is 1.02. The van der Waals surface area contributed by atoms with Gasteiger partial charge in [-0.25, -0.2) is 4.98 Å². The van der Waals surface area contributed by atoms with E-state index < -0.39 is 0 Å². The van der Waals surface area contributed by atoms with Crippen molar-refractivity contribution in [1.82, 2.24) is 9.55 Å². The molecule has 0 fully saturated rings.